The van der Waals surface area contributed by atoms with E-state index < -0.39 is 11.6 Å². The summed E-state index contributed by atoms with van der Waals surface area (Å²) in [7, 11) is 1.31. The van der Waals surface area contributed by atoms with Crippen LogP contribution in [0.2, 0.25) is 0 Å². The van der Waals surface area contributed by atoms with Gasteiger partial charge in [0.25, 0.3) is 0 Å². The maximum absolute atomic E-state index is 13.7. The van der Waals surface area contributed by atoms with Gasteiger partial charge in [0.05, 0.1) is 12.8 Å². The van der Waals surface area contributed by atoms with E-state index in [2.05, 4.69) is 5.32 Å². The van der Waals surface area contributed by atoms with Crippen molar-refractivity contribution in [2.45, 2.75) is 37.8 Å². The lowest BCUT2D eigenvalue weighted by atomic mass is 9.91. The summed E-state index contributed by atoms with van der Waals surface area (Å²) in [5.41, 5.74) is 5.99. The van der Waals surface area contributed by atoms with Crippen LogP contribution in [0.3, 0.4) is 0 Å². The molecule has 1 saturated carbocycles. The Morgan fingerprint density at radius 2 is 1.83 bits per heavy atom. The van der Waals surface area contributed by atoms with Crippen LogP contribution < -0.4 is 15.8 Å². The fourth-order valence-electron chi connectivity index (χ4n) is 2.28. The first kappa shape index (κ1) is 13.1. The average molecular weight is 256 g/mol. The summed E-state index contributed by atoms with van der Waals surface area (Å²) in [5, 5.41) is 3.04. The maximum Gasteiger partial charge on any atom is 0.167 e. The Kier molecular flexibility index (Phi) is 4.01. The molecular weight excluding hydrogens is 238 g/mol. The van der Waals surface area contributed by atoms with Crippen LogP contribution in [-0.2, 0) is 0 Å². The zero-order chi connectivity index (χ0) is 13.1. The molecule has 0 atom stereocenters. The predicted octanol–water partition coefficient (Wildman–Crippen LogP) is 2.66. The Bertz CT molecular complexity index is 418. The zero-order valence-corrected chi connectivity index (χ0v) is 10.4. The number of rotatable bonds is 3. The molecule has 0 bridgehead atoms. The number of nitrogens with one attached hydrogen (secondary N) is 1. The quantitative estimate of drug-likeness (QED) is 0.874. The topological polar surface area (TPSA) is 47.3 Å². The molecule has 1 aromatic carbocycles. The standard InChI is InChI=1S/C13H18F2N2O/c1-18-13-7-10(14)12(6-11(13)15)17-9-4-2-8(16)3-5-9/h6-9,17H,2-5,16H2,1H3. The van der Waals surface area contributed by atoms with E-state index >= 15 is 0 Å². The minimum Gasteiger partial charge on any atom is -0.494 e. The van der Waals surface area contributed by atoms with E-state index in [9.17, 15) is 8.78 Å². The highest BCUT2D eigenvalue weighted by Gasteiger charge is 2.20. The summed E-state index contributed by atoms with van der Waals surface area (Å²) in [4.78, 5) is 0. The number of nitrogens with two attached hydrogens (primary N) is 1. The number of benzene rings is 1. The maximum atomic E-state index is 13.7. The molecule has 2 rings (SSSR count). The molecule has 0 radical (unpaired) electrons. The Morgan fingerprint density at radius 1 is 1.17 bits per heavy atom. The Labute approximate surface area is 105 Å². The third-order valence-corrected chi connectivity index (χ3v) is 3.37. The molecule has 1 fully saturated rings. The SMILES string of the molecule is COc1cc(F)c(NC2CCC(N)CC2)cc1F. The van der Waals surface area contributed by atoms with Crippen LogP contribution >= 0.6 is 0 Å². The molecule has 0 spiro atoms. The number of anilines is 1. The largest absolute Gasteiger partial charge is 0.494 e. The number of ether oxygens (including phenoxy) is 1. The number of methoxy groups -OCH3 is 1. The fraction of sp³-hybridized carbons (Fsp3) is 0.538. The van der Waals surface area contributed by atoms with Crippen LogP contribution in [0.25, 0.3) is 0 Å². The summed E-state index contributed by atoms with van der Waals surface area (Å²) in [6.07, 6.45) is 3.60. The zero-order valence-electron chi connectivity index (χ0n) is 10.4. The molecule has 0 unspecified atom stereocenters. The van der Waals surface area contributed by atoms with E-state index in [1.54, 1.807) is 0 Å². The van der Waals surface area contributed by atoms with Crippen LogP contribution in [0.5, 0.6) is 5.75 Å². The van der Waals surface area contributed by atoms with Gasteiger partial charge < -0.3 is 15.8 Å². The second-order valence-corrected chi connectivity index (χ2v) is 4.72. The van der Waals surface area contributed by atoms with Crippen molar-refractivity contribution in [3.63, 3.8) is 0 Å². The molecule has 0 aliphatic heterocycles. The van der Waals surface area contributed by atoms with E-state index in [0.29, 0.717) is 0 Å². The lowest BCUT2D eigenvalue weighted by Crippen LogP contribution is -2.33. The van der Waals surface area contributed by atoms with Gasteiger partial charge in [-0.05, 0) is 25.7 Å². The van der Waals surface area contributed by atoms with Gasteiger partial charge in [0, 0.05) is 24.2 Å². The van der Waals surface area contributed by atoms with E-state index in [0.717, 1.165) is 37.8 Å². The highest BCUT2D eigenvalue weighted by atomic mass is 19.1. The van der Waals surface area contributed by atoms with Crippen molar-refractivity contribution in [3.8, 4) is 5.75 Å². The van der Waals surface area contributed by atoms with E-state index in [4.69, 9.17) is 10.5 Å². The molecule has 100 valence electrons. The Hall–Kier alpha value is -1.36. The predicted molar refractivity (Wildman–Crippen MR) is 66.8 cm³/mol. The Balaban J connectivity index is 2.07. The van der Waals surface area contributed by atoms with Crippen LogP contribution in [0.15, 0.2) is 12.1 Å². The van der Waals surface area contributed by atoms with Crippen molar-refractivity contribution < 1.29 is 13.5 Å². The van der Waals surface area contributed by atoms with Crippen LogP contribution in [0.1, 0.15) is 25.7 Å². The van der Waals surface area contributed by atoms with E-state index in [-0.39, 0.29) is 23.5 Å². The van der Waals surface area contributed by atoms with Crippen molar-refractivity contribution in [2.24, 2.45) is 5.73 Å². The smallest absolute Gasteiger partial charge is 0.167 e. The van der Waals surface area contributed by atoms with Gasteiger partial charge in [0.2, 0.25) is 0 Å². The van der Waals surface area contributed by atoms with Crippen molar-refractivity contribution in [3.05, 3.63) is 23.8 Å². The molecule has 3 nitrogen and oxygen atoms in total. The molecule has 1 aliphatic rings. The molecule has 0 aromatic heterocycles. The third-order valence-electron chi connectivity index (χ3n) is 3.37. The number of hydrogen-bond donors (Lipinski definition) is 2. The first-order valence-electron chi connectivity index (χ1n) is 6.15. The van der Waals surface area contributed by atoms with Gasteiger partial charge in [0.15, 0.2) is 11.6 Å². The van der Waals surface area contributed by atoms with E-state index in [1.807, 2.05) is 0 Å². The number of halogens is 2. The normalized spacial score (nSPS) is 23.8. The minimum absolute atomic E-state index is 0.0799. The molecule has 5 heteroatoms. The lowest BCUT2D eigenvalue weighted by molar-refractivity contribution is 0.382. The lowest BCUT2D eigenvalue weighted by Gasteiger charge is -2.27. The molecule has 1 aliphatic carbocycles. The number of hydrogen-bond acceptors (Lipinski definition) is 3. The highest BCUT2D eigenvalue weighted by molar-refractivity contribution is 5.49. The summed E-state index contributed by atoms with van der Waals surface area (Å²) in [6, 6.07) is 2.60. The molecular formula is C13H18F2N2O. The second-order valence-electron chi connectivity index (χ2n) is 4.72. The molecule has 0 amide bonds. The second kappa shape index (κ2) is 5.52. The highest BCUT2D eigenvalue weighted by Crippen LogP contribution is 2.27. The minimum atomic E-state index is -0.561. The van der Waals surface area contributed by atoms with Gasteiger partial charge in [-0.15, -0.1) is 0 Å². The summed E-state index contributed by atoms with van der Waals surface area (Å²) in [5.74, 6) is -1.14. The first-order chi connectivity index (χ1) is 8.60. The summed E-state index contributed by atoms with van der Waals surface area (Å²) < 4.78 is 31.9. The van der Waals surface area contributed by atoms with Crippen LogP contribution in [-0.4, -0.2) is 19.2 Å². The van der Waals surface area contributed by atoms with Gasteiger partial charge >= 0.3 is 0 Å². The third kappa shape index (κ3) is 2.90. The van der Waals surface area contributed by atoms with Crippen molar-refractivity contribution in [1.29, 1.82) is 0 Å². The Morgan fingerprint density at radius 3 is 2.44 bits per heavy atom. The van der Waals surface area contributed by atoms with Gasteiger partial charge in [-0.3, -0.25) is 0 Å². The molecule has 3 N–H and O–H groups in total. The first-order valence-corrected chi connectivity index (χ1v) is 6.15. The van der Waals surface area contributed by atoms with Gasteiger partial charge in [0.1, 0.15) is 5.82 Å². The summed E-state index contributed by atoms with van der Waals surface area (Å²) in [6.45, 7) is 0. The molecule has 0 saturated heterocycles. The van der Waals surface area contributed by atoms with Crippen molar-refractivity contribution >= 4 is 5.69 Å². The molecule has 1 aromatic rings. The van der Waals surface area contributed by atoms with Crippen LogP contribution in [0.4, 0.5) is 14.5 Å². The fourth-order valence-corrected chi connectivity index (χ4v) is 2.28. The van der Waals surface area contributed by atoms with Gasteiger partial charge in [-0.25, -0.2) is 8.78 Å². The van der Waals surface area contributed by atoms with Crippen LogP contribution in [0, 0.1) is 11.6 Å². The van der Waals surface area contributed by atoms with Gasteiger partial charge in [-0.1, -0.05) is 0 Å². The van der Waals surface area contributed by atoms with Crippen molar-refractivity contribution in [2.75, 3.05) is 12.4 Å². The van der Waals surface area contributed by atoms with Gasteiger partial charge in [-0.2, -0.15) is 0 Å². The van der Waals surface area contributed by atoms with Crippen molar-refractivity contribution in [1.82, 2.24) is 0 Å². The molecule has 18 heavy (non-hydrogen) atoms. The summed E-state index contributed by atoms with van der Waals surface area (Å²) >= 11 is 0. The molecule has 0 heterocycles. The average Bonchev–Trinajstić information content (AvgIpc) is 2.36. The monoisotopic (exact) mass is 256 g/mol. The van der Waals surface area contributed by atoms with E-state index in [1.165, 1.54) is 7.11 Å².